The first-order valence-electron chi connectivity index (χ1n) is 6.77. The van der Waals surface area contributed by atoms with Crippen LogP contribution >= 0.6 is 15.9 Å². The second-order valence-electron chi connectivity index (χ2n) is 4.84. The first-order chi connectivity index (χ1) is 10.1. The molecule has 0 fully saturated rings. The van der Waals surface area contributed by atoms with Gasteiger partial charge < -0.3 is 14.8 Å². The predicted molar refractivity (Wildman–Crippen MR) is 90.2 cm³/mol. The summed E-state index contributed by atoms with van der Waals surface area (Å²) in [7, 11) is 5.28. The van der Waals surface area contributed by atoms with Gasteiger partial charge in [-0.05, 0) is 64.8 Å². The molecule has 0 heterocycles. The summed E-state index contributed by atoms with van der Waals surface area (Å²) in [6.45, 7) is 2.95. The van der Waals surface area contributed by atoms with E-state index < -0.39 is 0 Å². The second-order valence-corrected chi connectivity index (χ2v) is 5.64. The van der Waals surface area contributed by atoms with Gasteiger partial charge in [0.1, 0.15) is 16.0 Å². The van der Waals surface area contributed by atoms with E-state index in [0.717, 1.165) is 28.1 Å². The number of methoxy groups -OCH3 is 2. The molecule has 0 radical (unpaired) electrons. The quantitative estimate of drug-likeness (QED) is 0.878. The number of rotatable bonds is 5. The number of benzene rings is 2. The van der Waals surface area contributed by atoms with Gasteiger partial charge >= 0.3 is 0 Å². The lowest BCUT2D eigenvalue weighted by Crippen LogP contribution is -2.05. The Hall–Kier alpha value is -1.52. The molecule has 0 aliphatic rings. The Kier molecular flexibility index (Phi) is 5.26. The maximum Gasteiger partial charge on any atom is 0.144 e. The molecule has 2 aromatic carbocycles. The van der Waals surface area contributed by atoms with E-state index in [-0.39, 0.29) is 0 Å². The van der Waals surface area contributed by atoms with Crippen LogP contribution in [0.15, 0.2) is 34.8 Å². The Bertz CT molecular complexity index is 641. The Labute approximate surface area is 134 Å². The van der Waals surface area contributed by atoms with Crippen LogP contribution in [-0.4, -0.2) is 21.3 Å². The molecule has 0 aliphatic heterocycles. The van der Waals surface area contributed by atoms with Crippen LogP contribution in [0.3, 0.4) is 0 Å². The first-order valence-corrected chi connectivity index (χ1v) is 7.56. The number of halogens is 1. The molecule has 2 rings (SSSR count). The van der Waals surface area contributed by atoms with Crippen LogP contribution < -0.4 is 14.8 Å². The number of ether oxygens (including phenoxy) is 2. The third-order valence-electron chi connectivity index (χ3n) is 3.46. The Morgan fingerprint density at radius 1 is 1.05 bits per heavy atom. The van der Waals surface area contributed by atoms with Crippen LogP contribution in [0.4, 0.5) is 0 Å². The van der Waals surface area contributed by atoms with Crippen molar-refractivity contribution in [2.75, 3.05) is 21.3 Å². The topological polar surface area (TPSA) is 30.5 Å². The van der Waals surface area contributed by atoms with Crippen LogP contribution in [0, 0.1) is 6.92 Å². The van der Waals surface area contributed by atoms with Crippen LogP contribution in [-0.2, 0) is 6.54 Å². The van der Waals surface area contributed by atoms with Crippen LogP contribution in [0.25, 0.3) is 11.1 Å². The van der Waals surface area contributed by atoms with Gasteiger partial charge in [-0.3, -0.25) is 0 Å². The molecule has 0 aromatic heterocycles. The van der Waals surface area contributed by atoms with E-state index in [4.69, 9.17) is 9.47 Å². The zero-order valence-electron chi connectivity index (χ0n) is 12.8. The monoisotopic (exact) mass is 349 g/mol. The van der Waals surface area contributed by atoms with Gasteiger partial charge in [0.25, 0.3) is 0 Å². The molecular weight excluding hydrogens is 330 g/mol. The molecule has 0 unspecified atom stereocenters. The number of hydrogen-bond donors (Lipinski definition) is 1. The maximum absolute atomic E-state index is 5.59. The van der Waals surface area contributed by atoms with E-state index in [2.05, 4.69) is 46.4 Å². The minimum atomic E-state index is 0.764. The van der Waals surface area contributed by atoms with Gasteiger partial charge in [-0.1, -0.05) is 12.1 Å². The Morgan fingerprint density at radius 3 is 2.43 bits per heavy atom. The summed E-state index contributed by atoms with van der Waals surface area (Å²) < 4.78 is 11.8. The van der Waals surface area contributed by atoms with Crippen molar-refractivity contribution in [2.45, 2.75) is 13.5 Å². The lowest BCUT2D eigenvalue weighted by atomic mass is 9.97. The Morgan fingerprint density at radius 2 is 1.81 bits per heavy atom. The van der Waals surface area contributed by atoms with Crippen molar-refractivity contribution in [1.82, 2.24) is 5.32 Å². The fourth-order valence-electron chi connectivity index (χ4n) is 2.38. The highest BCUT2D eigenvalue weighted by molar-refractivity contribution is 9.10. The number of nitrogens with one attached hydrogen (secondary N) is 1. The molecular formula is C17H20BrNO2. The molecule has 1 N–H and O–H groups in total. The summed E-state index contributed by atoms with van der Waals surface area (Å²) in [6.07, 6.45) is 0. The molecule has 4 heteroatoms. The molecule has 0 saturated heterocycles. The average Bonchev–Trinajstić information content (AvgIpc) is 2.49. The van der Waals surface area contributed by atoms with Gasteiger partial charge in [0, 0.05) is 12.1 Å². The SMILES string of the molecule is CNCc1ccc(C)c(-c2ccc(OC)c(Br)c2OC)c1. The summed E-state index contributed by atoms with van der Waals surface area (Å²) in [6, 6.07) is 10.5. The highest BCUT2D eigenvalue weighted by Crippen LogP contribution is 2.42. The van der Waals surface area contributed by atoms with E-state index in [9.17, 15) is 0 Å². The molecule has 0 bridgehead atoms. The molecule has 3 nitrogen and oxygen atoms in total. The van der Waals surface area contributed by atoms with Crippen molar-refractivity contribution in [3.8, 4) is 22.6 Å². The molecule has 0 aliphatic carbocycles. The highest BCUT2D eigenvalue weighted by Gasteiger charge is 2.15. The second kappa shape index (κ2) is 6.96. The lowest BCUT2D eigenvalue weighted by molar-refractivity contribution is 0.390. The van der Waals surface area contributed by atoms with Crippen LogP contribution in [0.5, 0.6) is 11.5 Å². The number of hydrogen-bond acceptors (Lipinski definition) is 3. The molecule has 21 heavy (non-hydrogen) atoms. The van der Waals surface area contributed by atoms with Crippen molar-refractivity contribution >= 4 is 15.9 Å². The van der Waals surface area contributed by atoms with Crippen molar-refractivity contribution in [2.24, 2.45) is 0 Å². The third-order valence-corrected chi connectivity index (χ3v) is 4.21. The molecule has 0 saturated carbocycles. The predicted octanol–water partition coefficient (Wildman–Crippen LogP) is 4.16. The third kappa shape index (κ3) is 3.22. The van der Waals surface area contributed by atoms with Gasteiger partial charge in [0.2, 0.25) is 0 Å². The summed E-state index contributed by atoms with van der Waals surface area (Å²) in [5.41, 5.74) is 4.68. The van der Waals surface area contributed by atoms with E-state index in [1.54, 1.807) is 14.2 Å². The standard InChI is InChI=1S/C17H20BrNO2/c1-11-5-6-12(10-19-2)9-14(11)13-7-8-15(20-3)16(18)17(13)21-4/h5-9,19H,10H2,1-4H3. The number of aryl methyl sites for hydroxylation is 1. The zero-order chi connectivity index (χ0) is 15.4. The largest absolute Gasteiger partial charge is 0.495 e. The van der Waals surface area contributed by atoms with Gasteiger partial charge in [-0.25, -0.2) is 0 Å². The van der Waals surface area contributed by atoms with Crippen LogP contribution in [0.2, 0.25) is 0 Å². The summed E-state index contributed by atoms with van der Waals surface area (Å²) in [4.78, 5) is 0. The molecule has 0 spiro atoms. The van der Waals surface area contributed by atoms with E-state index >= 15 is 0 Å². The minimum Gasteiger partial charge on any atom is -0.495 e. The maximum atomic E-state index is 5.59. The summed E-state index contributed by atoms with van der Waals surface area (Å²) in [5.74, 6) is 1.55. The smallest absolute Gasteiger partial charge is 0.144 e. The van der Waals surface area contributed by atoms with Crippen molar-refractivity contribution < 1.29 is 9.47 Å². The van der Waals surface area contributed by atoms with Gasteiger partial charge in [-0.15, -0.1) is 0 Å². The fourth-order valence-corrected chi connectivity index (χ4v) is 3.05. The van der Waals surface area contributed by atoms with Gasteiger partial charge in [0.05, 0.1) is 14.2 Å². The fraction of sp³-hybridized carbons (Fsp3) is 0.294. The first kappa shape index (κ1) is 15.9. The molecule has 2 aromatic rings. The highest BCUT2D eigenvalue weighted by atomic mass is 79.9. The Balaban J connectivity index is 2.61. The van der Waals surface area contributed by atoms with E-state index in [0.29, 0.717) is 0 Å². The van der Waals surface area contributed by atoms with Crippen molar-refractivity contribution in [1.29, 1.82) is 0 Å². The average molecular weight is 350 g/mol. The lowest BCUT2D eigenvalue weighted by Gasteiger charge is -2.16. The zero-order valence-corrected chi connectivity index (χ0v) is 14.4. The molecule has 112 valence electrons. The van der Waals surface area contributed by atoms with Crippen molar-refractivity contribution in [3.63, 3.8) is 0 Å². The van der Waals surface area contributed by atoms with Crippen LogP contribution in [0.1, 0.15) is 11.1 Å². The van der Waals surface area contributed by atoms with Gasteiger partial charge in [-0.2, -0.15) is 0 Å². The normalized spacial score (nSPS) is 10.5. The summed E-state index contributed by atoms with van der Waals surface area (Å²) >= 11 is 3.56. The summed E-state index contributed by atoms with van der Waals surface area (Å²) in [5, 5.41) is 3.18. The minimum absolute atomic E-state index is 0.764. The molecule has 0 amide bonds. The van der Waals surface area contributed by atoms with E-state index in [1.165, 1.54) is 16.7 Å². The van der Waals surface area contributed by atoms with E-state index in [1.807, 2.05) is 19.2 Å². The van der Waals surface area contributed by atoms with Gasteiger partial charge in [0.15, 0.2) is 0 Å². The molecule has 0 atom stereocenters. The van der Waals surface area contributed by atoms with Crippen molar-refractivity contribution in [3.05, 3.63) is 45.9 Å².